The molecule has 4 heteroatoms. The zero-order chi connectivity index (χ0) is 13.8. The Hall–Kier alpha value is -2.36. The molecule has 4 nitrogen and oxygen atoms in total. The van der Waals surface area contributed by atoms with Gasteiger partial charge in [-0.05, 0) is 49.7 Å². The third-order valence-electron chi connectivity index (χ3n) is 2.94. The van der Waals surface area contributed by atoms with Crippen LogP contribution in [0.25, 0.3) is 0 Å². The lowest BCUT2D eigenvalue weighted by Crippen LogP contribution is -2.27. The van der Waals surface area contributed by atoms with E-state index in [0.29, 0.717) is 11.1 Å². The number of phenols is 1. The van der Waals surface area contributed by atoms with E-state index in [9.17, 15) is 9.90 Å². The molecule has 1 aromatic carbocycles. The first-order valence-electron chi connectivity index (χ1n) is 6.09. The van der Waals surface area contributed by atoms with Gasteiger partial charge in [0.15, 0.2) is 0 Å². The quantitative estimate of drug-likeness (QED) is 0.887. The topological polar surface area (TPSA) is 62.2 Å². The van der Waals surface area contributed by atoms with Crippen LogP contribution in [0.4, 0.5) is 0 Å². The van der Waals surface area contributed by atoms with Crippen molar-refractivity contribution in [1.29, 1.82) is 0 Å². The molecule has 1 amide bonds. The number of amides is 1. The number of benzene rings is 1. The standard InChI is InChI=1S/C15H16N2O2/c1-10-9-12(6-7-14(10)18)15(19)17-11(2)13-5-3-4-8-16-13/h3-9,11,18H,1-2H3,(H,17,19). The van der Waals surface area contributed by atoms with Crippen LogP contribution in [-0.2, 0) is 0 Å². The monoisotopic (exact) mass is 256 g/mol. The minimum absolute atomic E-state index is 0.164. The molecule has 0 aliphatic rings. The van der Waals surface area contributed by atoms with Crippen LogP contribution in [0.3, 0.4) is 0 Å². The molecule has 19 heavy (non-hydrogen) atoms. The van der Waals surface area contributed by atoms with Crippen LogP contribution >= 0.6 is 0 Å². The van der Waals surface area contributed by atoms with E-state index in [1.807, 2.05) is 25.1 Å². The summed E-state index contributed by atoms with van der Waals surface area (Å²) in [6, 6.07) is 10.2. The first kappa shape index (κ1) is 13.1. The van der Waals surface area contributed by atoms with Crippen LogP contribution in [0.15, 0.2) is 42.6 Å². The lowest BCUT2D eigenvalue weighted by atomic mass is 10.1. The molecule has 0 aliphatic carbocycles. The Morgan fingerprint density at radius 1 is 1.32 bits per heavy atom. The smallest absolute Gasteiger partial charge is 0.251 e. The summed E-state index contributed by atoms with van der Waals surface area (Å²) in [5.41, 5.74) is 2.02. The zero-order valence-electron chi connectivity index (χ0n) is 10.9. The highest BCUT2D eigenvalue weighted by atomic mass is 16.3. The van der Waals surface area contributed by atoms with Crippen molar-refractivity contribution >= 4 is 5.91 Å². The fraction of sp³-hybridized carbons (Fsp3) is 0.200. The van der Waals surface area contributed by atoms with Gasteiger partial charge in [-0.25, -0.2) is 0 Å². The van der Waals surface area contributed by atoms with E-state index in [1.165, 1.54) is 6.07 Å². The van der Waals surface area contributed by atoms with Gasteiger partial charge in [0.2, 0.25) is 0 Å². The maximum Gasteiger partial charge on any atom is 0.251 e. The summed E-state index contributed by atoms with van der Waals surface area (Å²) in [5.74, 6) is 0.00979. The summed E-state index contributed by atoms with van der Waals surface area (Å²) in [7, 11) is 0. The van der Waals surface area contributed by atoms with Crippen LogP contribution in [-0.4, -0.2) is 16.0 Å². The third kappa shape index (κ3) is 3.10. The largest absolute Gasteiger partial charge is 0.508 e. The molecule has 0 saturated carbocycles. The van der Waals surface area contributed by atoms with Gasteiger partial charge in [-0.1, -0.05) is 6.07 Å². The zero-order valence-corrected chi connectivity index (χ0v) is 10.9. The van der Waals surface area contributed by atoms with Gasteiger partial charge in [-0.2, -0.15) is 0 Å². The van der Waals surface area contributed by atoms with E-state index in [0.717, 1.165) is 5.69 Å². The molecule has 2 N–H and O–H groups in total. The number of aromatic nitrogens is 1. The van der Waals surface area contributed by atoms with Crippen molar-refractivity contribution in [2.75, 3.05) is 0 Å². The molecular weight excluding hydrogens is 240 g/mol. The minimum atomic E-state index is -0.179. The minimum Gasteiger partial charge on any atom is -0.508 e. The highest BCUT2D eigenvalue weighted by molar-refractivity contribution is 5.94. The highest BCUT2D eigenvalue weighted by Crippen LogP contribution is 2.17. The van der Waals surface area contributed by atoms with Gasteiger partial charge < -0.3 is 10.4 Å². The number of hydrogen-bond acceptors (Lipinski definition) is 3. The number of carbonyl (C=O) groups is 1. The number of aryl methyl sites for hydroxylation is 1. The molecule has 1 unspecified atom stereocenters. The van der Waals surface area contributed by atoms with Crippen molar-refractivity contribution in [3.8, 4) is 5.75 Å². The maximum absolute atomic E-state index is 12.1. The average Bonchev–Trinajstić information content (AvgIpc) is 2.42. The Labute approximate surface area is 112 Å². The molecule has 0 aliphatic heterocycles. The van der Waals surface area contributed by atoms with Gasteiger partial charge in [-0.3, -0.25) is 9.78 Å². The van der Waals surface area contributed by atoms with Crippen molar-refractivity contribution in [3.63, 3.8) is 0 Å². The molecule has 0 saturated heterocycles. The van der Waals surface area contributed by atoms with E-state index in [1.54, 1.807) is 25.3 Å². The molecule has 0 fully saturated rings. The normalized spacial score (nSPS) is 11.9. The Bertz CT molecular complexity index is 582. The summed E-state index contributed by atoms with van der Waals surface area (Å²) >= 11 is 0. The number of pyridine rings is 1. The number of carbonyl (C=O) groups excluding carboxylic acids is 1. The molecule has 1 aromatic heterocycles. The van der Waals surface area contributed by atoms with Crippen molar-refractivity contribution in [2.24, 2.45) is 0 Å². The molecule has 0 bridgehead atoms. The van der Waals surface area contributed by atoms with Crippen molar-refractivity contribution in [1.82, 2.24) is 10.3 Å². The van der Waals surface area contributed by atoms with E-state index < -0.39 is 0 Å². The molecule has 2 aromatic rings. The Morgan fingerprint density at radius 2 is 2.11 bits per heavy atom. The van der Waals surface area contributed by atoms with Gasteiger partial charge >= 0.3 is 0 Å². The van der Waals surface area contributed by atoms with E-state index in [4.69, 9.17) is 0 Å². The summed E-state index contributed by atoms with van der Waals surface area (Å²) in [6.07, 6.45) is 1.70. The van der Waals surface area contributed by atoms with Crippen molar-refractivity contribution in [2.45, 2.75) is 19.9 Å². The van der Waals surface area contributed by atoms with Crippen molar-refractivity contribution in [3.05, 3.63) is 59.4 Å². The van der Waals surface area contributed by atoms with Gasteiger partial charge in [0.05, 0.1) is 11.7 Å². The number of phenolic OH excluding ortho intramolecular Hbond substituents is 1. The number of aromatic hydroxyl groups is 1. The van der Waals surface area contributed by atoms with E-state index in [-0.39, 0.29) is 17.7 Å². The van der Waals surface area contributed by atoms with E-state index >= 15 is 0 Å². The lowest BCUT2D eigenvalue weighted by Gasteiger charge is -2.13. The fourth-order valence-corrected chi connectivity index (χ4v) is 1.78. The second-order valence-corrected chi connectivity index (χ2v) is 4.45. The summed E-state index contributed by atoms with van der Waals surface area (Å²) < 4.78 is 0. The summed E-state index contributed by atoms with van der Waals surface area (Å²) in [6.45, 7) is 3.64. The fourth-order valence-electron chi connectivity index (χ4n) is 1.78. The van der Waals surface area contributed by atoms with Crippen LogP contribution in [0.5, 0.6) is 5.75 Å². The van der Waals surface area contributed by atoms with Crippen LogP contribution in [0.1, 0.15) is 34.6 Å². The molecule has 1 atom stereocenters. The van der Waals surface area contributed by atoms with Crippen LogP contribution in [0, 0.1) is 6.92 Å². The summed E-state index contributed by atoms with van der Waals surface area (Å²) in [4.78, 5) is 16.3. The second-order valence-electron chi connectivity index (χ2n) is 4.45. The predicted molar refractivity (Wildman–Crippen MR) is 73.0 cm³/mol. The molecule has 0 radical (unpaired) electrons. The Morgan fingerprint density at radius 3 is 2.74 bits per heavy atom. The lowest BCUT2D eigenvalue weighted by molar-refractivity contribution is 0.0939. The Kier molecular flexibility index (Phi) is 3.80. The molecular formula is C15H16N2O2. The number of nitrogens with zero attached hydrogens (tertiary/aromatic N) is 1. The third-order valence-corrected chi connectivity index (χ3v) is 2.94. The van der Waals surface area contributed by atoms with E-state index in [2.05, 4.69) is 10.3 Å². The molecule has 1 heterocycles. The highest BCUT2D eigenvalue weighted by Gasteiger charge is 2.12. The van der Waals surface area contributed by atoms with Gasteiger partial charge in [0, 0.05) is 11.8 Å². The predicted octanol–water partition coefficient (Wildman–Crippen LogP) is 2.59. The molecule has 0 spiro atoms. The number of rotatable bonds is 3. The van der Waals surface area contributed by atoms with Crippen LogP contribution in [0.2, 0.25) is 0 Å². The average molecular weight is 256 g/mol. The van der Waals surface area contributed by atoms with Gasteiger partial charge in [0.25, 0.3) is 5.91 Å². The summed E-state index contributed by atoms with van der Waals surface area (Å²) in [5, 5.41) is 12.3. The first-order chi connectivity index (χ1) is 9.08. The van der Waals surface area contributed by atoms with Crippen LogP contribution < -0.4 is 5.32 Å². The Balaban J connectivity index is 2.11. The maximum atomic E-state index is 12.1. The molecule has 98 valence electrons. The van der Waals surface area contributed by atoms with Gasteiger partial charge in [-0.15, -0.1) is 0 Å². The number of nitrogens with one attached hydrogen (secondary N) is 1. The second kappa shape index (κ2) is 5.52. The SMILES string of the molecule is Cc1cc(C(=O)NC(C)c2ccccn2)ccc1O. The van der Waals surface area contributed by atoms with Gasteiger partial charge in [0.1, 0.15) is 5.75 Å². The molecule has 2 rings (SSSR count). The first-order valence-corrected chi connectivity index (χ1v) is 6.09. The van der Waals surface area contributed by atoms with Crippen molar-refractivity contribution < 1.29 is 9.90 Å². The number of hydrogen-bond donors (Lipinski definition) is 2.